The lowest BCUT2D eigenvalue weighted by Gasteiger charge is -2.10. The van der Waals surface area contributed by atoms with E-state index in [-0.39, 0.29) is 5.91 Å². The van der Waals surface area contributed by atoms with Crippen LogP contribution in [0.5, 0.6) is 5.75 Å². The fourth-order valence-corrected chi connectivity index (χ4v) is 3.24. The number of ether oxygens (including phenoxy) is 1. The Kier molecular flexibility index (Phi) is 6.17. The van der Waals surface area contributed by atoms with Crippen LogP contribution in [0.15, 0.2) is 66.3 Å². The molecule has 27 heavy (non-hydrogen) atoms. The number of anilines is 1. The molecule has 0 saturated carbocycles. The lowest BCUT2D eigenvalue weighted by Crippen LogP contribution is -2.34. The molecule has 0 fully saturated rings. The SMILES string of the molecule is C=CCOc1cccc(/C=N\NC(=O)[C@H](C)Nc2nc3ccccc3s2)c1. The maximum absolute atomic E-state index is 12.2. The van der Waals surface area contributed by atoms with Crippen LogP contribution in [-0.2, 0) is 4.79 Å². The van der Waals surface area contributed by atoms with Crippen LogP contribution in [0.3, 0.4) is 0 Å². The molecule has 7 heteroatoms. The maximum atomic E-state index is 12.2. The predicted molar refractivity (Wildman–Crippen MR) is 111 cm³/mol. The zero-order valence-corrected chi connectivity index (χ0v) is 15.7. The van der Waals surface area contributed by atoms with Crippen LogP contribution in [0.4, 0.5) is 5.13 Å². The van der Waals surface area contributed by atoms with Crippen molar-refractivity contribution in [1.29, 1.82) is 0 Å². The minimum absolute atomic E-state index is 0.246. The van der Waals surface area contributed by atoms with Gasteiger partial charge in [0.25, 0.3) is 5.91 Å². The van der Waals surface area contributed by atoms with Crippen LogP contribution >= 0.6 is 11.3 Å². The lowest BCUT2D eigenvalue weighted by atomic mass is 10.2. The van der Waals surface area contributed by atoms with Crippen molar-refractivity contribution in [2.24, 2.45) is 5.10 Å². The van der Waals surface area contributed by atoms with Crippen LogP contribution < -0.4 is 15.5 Å². The summed E-state index contributed by atoms with van der Waals surface area (Å²) in [6.45, 7) is 5.82. The highest BCUT2D eigenvalue weighted by Crippen LogP contribution is 2.25. The van der Waals surface area contributed by atoms with Gasteiger partial charge in [0, 0.05) is 0 Å². The van der Waals surface area contributed by atoms with Gasteiger partial charge in [0.05, 0.1) is 16.4 Å². The van der Waals surface area contributed by atoms with Gasteiger partial charge < -0.3 is 10.1 Å². The first-order valence-corrected chi connectivity index (χ1v) is 9.26. The molecular weight excluding hydrogens is 360 g/mol. The van der Waals surface area contributed by atoms with Crippen molar-refractivity contribution >= 4 is 38.8 Å². The quantitative estimate of drug-likeness (QED) is 0.354. The van der Waals surface area contributed by atoms with Crippen LogP contribution in [0.2, 0.25) is 0 Å². The second-order valence-electron chi connectivity index (χ2n) is 5.76. The second-order valence-corrected chi connectivity index (χ2v) is 6.79. The normalized spacial score (nSPS) is 12.0. The van der Waals surface area contributed by atoms with Crippen LogP contribution in [0.25, 0.3) is 10.2 Å². The van der Waals surface area contributed by atoms with Gasteiger partial charge in [0.1, 0.15) is 18.4 Å². The monoisotopic (exact) mass is 380 g/mol. The molecule has 1 aromatic heterocycles. The first-order valence-electron chi connectivity index (χ1n) is 8.44. The zero-order valence-electron chi connectivity index (χ0n) is 14.9. The number of rotatable bonds is 8. The van der Waals surface area contributed by atoms with Gasteiger partial charge >= 0.3 is 0 Å². The number of carbonyl (C=O) groups is 1. The Morgan fingerprint density at radius 1 is 1.33 bits per heavy atom. The summed E-state index contributed by atoms with van der Waals surface area (Å²) < 4.78 is 6.54. The molecule has 0 saturated heterocycles. The van der Waals surface area contributed by atoms with Crippen LogP contribution in [0.1, 0.15) is 12.5 Å². The van der Waals surface area contributed by atoms with Crippen molar-refractivity contribution in [3.05, 3.63) is 66.7 Å². The third kappa shape index (κ3) is 5.15. The fraction of sp³-hybridized carbons (Fsp3) is 0.150. The van der Waals surface area contributed by atoms with Crippen molar-refractivity contribution < 1.29 is 9.53 Å². The minimum atomic E-state index is -0.468. The van der Waals surface area contributed by atoms with Gasteiger partial charge in [-0.1, -0.05) is 48.3 Å². The summed E-state index contributed by atoms with van der Waals surface area (Å²) in [4.78, 5) is 16.7. The highest BCUT2D eigenvalue weighted by atomic mass is 32.1. The van der Waals surface area contributed by atoms with Crippen molar-refractivity contribution in [2.45, 2.75) is 13.0 Å². The molecule has 0 bridgehead atoms. The van der Waals surface area contributed by atoms with E-state index in [0.29, 0.717) is 11.7 Å². The molecule has 3 rings (SSSR count). The average molecular weight is 380 g/mol. The first kappa shape index (κ1) is 18.6. The summed E-state index contributed by atoms with van der Waals surface area (Å²) in [5.41, 5.74) is 4.27. The Bertz CT molecular complexity index is 934. The number of amides is 1. The van der Waals surface area contributed by atoms with Gasteiger partial charge in [0.2, 0.25) is 0 Å². The molecule has 1 amide bonds. The van der Waals surface area contributed by atoms with Crippen molar-refractivity contribution in [2.75, 3.05) is 11.9 Å². The summed E-state index contributed by atoms with van der Waals surface area (Å²) in [5, 5.41) is 7.82. The number of hydrogen-bond donors (Lipinski definition) is 2. The maximum Gasteiger partial charge on any atom is 0.262 e. The van der Waals surface area contributed by atoms with E-state index in [9.17, 15) is 4.79 Å². The molecule has 1 atom stereocenters. The number of fused-ring (bicyclic) bond motifs is 1. The molecular formula is C20H20N4O2S. The molecule has 0 spiro atoms. The van der Waals surface area contributed by atoms with E-state index in [1.54, 1.807) is 19.2 Å². The van der Waals surface area contributed by atoms with Gasteiger partial charge in [0.15, 0.2) is 5.13 Å². The molecule has 138 valence electrons. The van der Waals surface area contributed by atoms with Gasteiger partial charge in [-0.3, -0.25) is 4.79 Å². The average Bonchev–Trinajstić information content (AvgIpc) is 3.08. The Hall–Kier alpha value is -3.19. The standard InChI is InChI=1S/C20H20N4O2S/c1-3-11-26-16-8-6-7-15(12-16)13-21-24-19(25)14(2)22-20-23-17-9-4-5-10-18(17)27-20/h3-10,12-14H,1,11H2,2H3,(H,22,23)(H,24,25)/b21-13-/t14-/m0/s1. The van der Waals surface area contributed by atoms with Crippen molar-refractivity contribution in [3.63, 3.8) is 0 Å². The molecule has 6 nitrogen and oxygen atoms in total. The van der Waals surface area contributed by atoms with Gasteiger partial charge in [-0.2, -0.15) is 5.10 Å². The Morgan fingerprint density at radius 2 is 2.19 bits per heavy atom. The summed E-state index contributed by atoms with van der Waals surface area (Å²) in [6.07, 6.45) is 3.25. The Balaban J connectivity index is 1.55. The van der Waals surface area contributed by atoms with Gasteiger partial charge in [-0.15, -0.1) is 0 Å². The fourth-order valence-electron chi connectivity index (χ4n) is 2.29. The highest BCUT2D eigenvalue weighted by molar-refractivity contribution is 7.22. The molecule has 0 aliphatic carbocycles. The Morgan fingerprint density at radius 3 is 3.00 bits per heavy atom. The number of aromatic nitrogens is 1. The molecule has 1 heterocycles. The molecule has 0 unspecified atom stereocenters. The topological polar surface area (TPSA) is 75.6 Å². The number of thiazole rings is 1. The van der Waals surface area contributed by atoms with E-state index in [2.05, 4.69) is 27.4 Å². The molecule has 0 radical (unpaired) electrons. The Labute approximate surface area is 161 Å². The zero-order chi connectivity index (χ0) is 19.1. The minimum Gasteiger partial charge on any atom is -0.490 e. The largest absolute Gasteiger partial charge is 0.490 e. The number of nitrogens with zero attached hydrogens (tertiary/aromatic N) is 2. The molecule has 0 aliphatic heterocycles. The van der Waals surface area contributed by atoms with E-state index < -0.39 is 6.04 Å². The van der Waals surface area contributed by atoms with E-state index >= 15 is 0 Å². The summed E-state index contributed by atoms with van der Waals surface area (Å²) in [5.74, 6) is 0.473. The third-order valence-corrected chi connectivity index (χ3v) is 4.61. The van der Waals surface area contributed by atoms with Crippen molar-refractivity contribution in [3.8, 4) is 5.75 Å². The summed E-state index contributed by atoms with van der Waals surface area (Å²) in [6, 6.07) is 14.8. The van der Waals surface area contributed by atoms with Gasteiger partial charge in [-0.25, -0.2) is 10.4 Å². The van der Waals surface area contributed by atoms with Crippen LogP contribution in [0, 0.1) is 0 Å². The number of para-hydroxylation sites is 1. The van der Waals surface area contributed by atoms with E-state index in [1.165, 1.54) is 11.3 Å². The number of hydrogen-bond acceptors (Lipinski definition) is 6. The van der Waals surface area contributed by atoms with Gasteiger partial charge in [-0.05, 0) is 36.8 Å². The summed E-state index contributed by atoms with van der Waals surface area (Å²) >= 11 is 1.51. The lowest BCUT2D eigenvalue weighted by molar-refractivity contribution is -0.121. The number of benzene rings is 2. The van der Waals surface area contributed by atoms with Crippen LogP contribution in [-0.4, -0.2) is 29.8 Å². The number of nitrogens with one attached hydrogen (secondary N) is 2. The number of hydrazone groups is 1. The van der Waals surface area contributed by atoms with E-state index in [0.717, 1.165) is 21.5 Å². The molecule has 3 aromatic rings. The summed E-state index contributed by atoms with van der Waals surface area (Å²) in [7, 11) is 0. The van der Waals surface area contributed by atoms with E-state index in [1.807, 2.05) is 48.5 Å². The van der Waals surface area contributed by atoms with E-state index in [4.69, 9.17) is 4.74 Å². The third-order valence-electron chi connectivity index (χ3n) is 3.64. The smallest absolute Gasteiger partial charge is 0.262 e. The highest BCUT2D eigenvalue weighted by Gasteiger charge is 2.14. The number of carbonyl (C=O) groups excluding carboxylic acids is 1. The van der Waals surface area contributed by atoms with Crippen molar-refractivity contribution in [1.82, 2.24) is 10.4 Å². The first-order chi connectivity index (χ1) is 13.2. The molecule has 2 N–H and O–H groups in total. The second kappa shape index (κ2) is 8.95. The molecule has 0 aliphatic rings. The predicted octanol–water partition coefficient (Wildman–Crippen LogP) is 3.81. The molecule has 2 aromatic carbocycles.